The lowest BCUT2D eigenvalue weighted by Crippen LogP contribution is -2.54. The molecule has 0 aliphatic rings. The smallest absolute Gasteiger partial charge is 0.264 e. The zero-order chi connectivity index (χ0) is 33.4. The van der Waals surface area contributed by atoms with Crippen LogP contribution in [0.5, 0.6) is 0 Å². The standard InChI is InChI=1S/C36H39ClFN3O4S/c1-5-27(4)39-36(43)34(22-28-11-7-6-8-12-28)40(23-29-13-9-10-14-32(29)38)35(42)24-41(33-20-17-30(37)21-26(33)3)46(44,45)31-18-15-25(2)16-19-31/h6-21,27,34H,5,22-24H2,1-4H3,(H,39,43)/t27-,34-/m1/s1. The molecule has 242 valence electrons. The number of sulfonamides is 1. The van der Waals surface area contributed by atoms with Gasteiger partial charge in [0.05, 0.1) is 10.6 Å². The molecular formula is C36H39ClFN3O4S. The van der Waals surface area contributed by atoms with Gasteiger partial charge in [-0.1, -0.05) is 84.8 Å². The summed E-state index contributed by atoms with van der Waals surface area (Å²) in [5, 5.41) is 3.38. The van der Waals surface area contributed by atoms with E-state index in [2.05, 4.69) is 5.32 Å². The van der Waals surface area contributed by atoms with Gasteiger partial charge in [0.15, 0.2) is 0 Å². The Balaban J connectivity index is 1.84. The van der Waals surface area contributed by atoms with Gasteiger partial charge in [-0.2, -0.15) is 0 Å². The summed E-state index contributed by atoms with van der Waals surface area (Å²) in [5.74, 6) is -1.63. The van der Waals surface area contributed by atoms with Crippen LogP contribution in [0.25, 0.3) is 0 Å². The van der Waals surface area contributed by atoms with Crippen molar-refractivity contribution in [2.24, 2.45) is 0 Å². The molecule has 4 aromatic carbocycles. The maximum Gasteiger partial charge on any atom is 0.264 e. The Morgan fingerprint density at radius 3 is 2.20 bits per heavy atom. The molecule has 0 heterocycles. The van der Waals surface area contributed by atoms with Crippen molar-refractivity contribution >= 4 is 39.1 Å². The molecule has 0 aliphatic heterocycles. The van der Waals surface area contributed by atoms with E-state index in [1.807, 2.05) is 51.1 Å². The monoisotopic (exact) mass is 663 g/mol. The van der Waals surface area contributed by atoms with Crippen LogP contribution in [0.2, 0.25) is 5.02 Å². The molecule has 0 saturated carbocycles. The van der Waals surface area contributed by atoms with Crippen LogP contribution in [0.1, 0.15) is 42.5 Å². The number of benzene rings is 4. The van der Waals surface area contributed by atoms with Crippen LogP contribution in [-0.4, -0.2) is 43.8 Å². The molecule has 2 atom stereocenters. The second kappa shape index (κ2) is 15.4. The highest BCUT2D eigenvalue weighted by Crippen LogP contribution is 2.30. The lowest BCUT2D eigenvalue weighted by atomic mass is 10.0. The summed E-state index contributed by atoms with van der Waals surface area (Å²) < 4.78 is 44.5. The second-order valence-corrected chi connectivity index (χ2v) is 13.7. The summed E-state index contributed by atoms with van der Waals surface area (Å²) in [6.45, 7) is 6.45. The van der Waals surface area contributed by atoms with E-state index in [4.69, 9.17) is 11.6 Å². The number of amides is 2. The highest BCUT2D eigenvalue weighted by atomic mass is 35.5. The summed E-state index contributed by atoms with van der Waals surface area (Å²) in [6, 6.07) is 25.0. The van der Waals surface area contributed by atoms with Crippen molar-refractivity contribution in [1.82, 2.24) is 10.2 Å². The van der Waals surface area contributed by atoms with Crippen LogP contribution in [0.3, 0.4) is 0 Å². The van der Waals surface area contributed by atoms with Crippen LogP contribution in [-0.2, 0) is 32.6 Å². The van der Waals surface area contributed by atoms with Gasteiger partial charge in [-0.05, 0) is 74.7 Å². The van der Waals surface area contributed by atoms with Crippen LogP contribution in [0.4, 0.5) is 10.1 Å². The van der Waals surface area contributed by atoms with E-state index in [0.717, 1.165) is 15.4 Å². The van der Waals surface area contributed by atoms with E-state index in [1.165, 1.54) is 23.1 Å². The fourth-order valence-corrected chi connectivity index (χ4v) is 6.76. The van der Waals surface area contributed by atoms with Gasteiger partial charge >= 0.3 is 0 Å². The van der Waals surface area contributed by atoms with Crippen molar-refractivity contribution in [3.8, 4) is 0 Å². The van der Waals surface area contributed by atoms with E-state index in [9.17, 15) is 18.0 Å². The zero-order valence-corrected chi connectivity index (χ0v) is 28.0. The summed E-state index contributed by atoms with van der Waals surface area (Å²) in [7, 11) is -4.28. The van der Waals surface area contributed by atoms with E-state index in [-0.39, 0.29) is 35.2 Å². The Morgan fingerprint density at radius 2 is 1.57 bits per heavy atom. The minimum absolute atomic E-state index is 0.00347. The topological polar surface area (TPSA) is 86.8 Å². The predicted molar refractivity (Wildman–Crippen MR) is 181 cm³/mol. The van der Waals surface area contributed by atoms with Gasteiger partial charge < -0.3 is 10.2 Å². The number of carbonyl (C=O) groups is 2. The van der Waals surface area contributed by atoms with Crippen LogP contribution in [0.15, 0.2) is 102 Å². The molecule has 0 saturated heterocycles. The van der Waals surface area contributed by atoms with Gasteiger partial charge in [0.2, 0.25) is 11.8 Å². The highest BCUT2D eigenvalue weighted by molar-refractivity contribution is 7.92. The lowest BCUT2D eigenvalue weighted by molar-refractivity contribution is -0.140. The Morgan fingerprint density at radius 1 is 0.913 bits per heavy atom. The van der Waals surface area contributed by atoms with Crippen molar-refractivity contribution < 1.29 is 22.4 Å². The molecule has 0 fully saturated rings. The van der Waals surface area contributed by atoms with Gasteiger partial charge in [-0.3, -0.25) is 13.9 Å². The second-order valence-electron chi connectivity index (χ2n) is 11.4. The first-order valence-electron chi connectivity index (χ1n) is 15.1. The van der Waals surface area contributed by atoms with Gasteiger partial charge in [0, 0.05) is 29.6 Å². The lowest BCUT2D eigenvalue weighted by Gasteiger charge is -2.34. The van der Waals surface area contributed by atoms with Crippen LogP contribution in [0, 0.1) is 19.7 Å². The molecule has 46 heavy (non-hydrogen) atoms. The SMILES string of the molecule is CC[C@@H](C)NC(=O)[C@@H](Cc1ccccc1)N(Cc1ccccc1F)C(=O)CN(c1ccc(Cl)cc1C)S(=O)(=O)c1ccc(C)cc1. The minimum Gasteiger partial charge on any atom is -0.352 e. The normalized spacial score (nSPS) is 12.7. The molecule has 0 aromatic heterocycles. The molecule has 4 rings (SSSR count). The number of rotatable bonds is 13. The average molecular weight is 664 g/mol. The Labute approximate surface area is 276 Å². The predicted octanol–water partition coefficient (Wildman–Crippen LogP) is 6.85. The van der Waals surface area contributed by atoms with E-state index >= 15 is 4.39 Å². The summed E-state index contributed by atoms with van der Waals surface area (Å²) in [6.07, 6.45) is 0.789. The summed E-state index contributed by atoms with van der Waals surface area (Å²) >= 11 is 6.22. The van der Waals surface area contributed by atoms with Crippen molar-refractivity contribution in [3.05, 3.63) is 130 Å². The Hall–Kier alpha value is -4.21. The van der Waals surface area contributed by atoms with Crippen molar-refractivity contribution in [3.63, 3.8) is 0 Å². The fraction of sp³-hybridized carbons (Fsp3) is 0.278. The third-order valence-electron chi connectivity index (χ3n) is 7.89. The molecule has 0 aliphatic carbocycles. The van der Waals surface area contributed by atoms with Gasteiger partial charge in [0.25, 0.3) is 10.0 Å². The molecule has 0 spiro atoms. The highest BCUT2D eigenvalue weighted by Gasteiger charge is 2.35. The molecule has 0 radical (unpaired) electrons. The summed E-state index contributed by atoms with van der Waals surface area (Å²) in [4.78, 5) is 29.7. The van der Waals surface area contributed by atoms with Crippen LogP contribution >= 0.6 is 11.6 Å². The number of hydrogen-bond donors (Lipinski definition) is 1. The van der Waals surface area contributed by atoms with Crippen molar-refractivity contribution in [1.29, 1.82) is 0 Å². The molecule has 4 aromatic rings. The third kappa shape index (κ3) is 8.53. The maximum atomic E-state index is 15.1. The number of halogens is 2. The van der Waals surface area contributed by atoms with Crippen molar-refractivity contribution in [2.75, 3.05) is 10.8 Å². The average Bonchev–Trinajstić information content (AvgIpc) is 3.03. The minimum atomic E-state index is -4.28. The molecule has 10 heteroatoms. The molecule has 1 N–H and O–H groups in total. The fourth-order valence-electron chi connectivity index (χ4n) is 5.05. The molecule has 0 bridgehead atoms. The molecule has 0 unspecified atom stereocenters. The quantitative estimate of drug-likeness (QED) is 0.170. The van der Waals surface area contributed by atoms with E-state index < -0.39 is 40.2 Å². The van der Waals surface area contributed by atoms with E-state index in [0.29, 0.717) is 17.0 Å². The largest absolute Gasteiger partial charge is 0.352 e. The first kappa shape index (κ1) is 34.7. The number of nitrogens with zero attached hydrogens (tertiary/aromatic N) is 2. The number of aryl methyl sites for hydroxylation is 2. The molecule has 2 amide bonds. The van der Waals surface area contributed by atoms with E-state index in [1.54, 1.807) is 55.5 Å². The molecular weight excluding hydrogens is 625 g/mol. The van der Waals surface area contributed by atoms with Gasteiger partial charge in [-0.15, -0.1) is 0 Å². The van der Waals surface area contributed by atoms with Gasteiger partial charge in [0.1, 0.15) is 18.4 Å². The van der Waals surface area contributed by atoms with Crippen molar-refractivity contribution in [2.45, 2.75) is 64.1 Å². The summed E-state index contributed by atoms with van der Waals surface area (Å²) in [5.41, 5.74) is 2.65. The number of nitrogens with one attached hydrogen (secondary N) is 1. The third-order valence-corrected chi connectivity index (χ3v) is 9.90. The zero-order valence-electron chi connectivity index (χ0n) is 26.4. The number of anilines is 1. The Bertz CT molecular complexity index is 1770. The first-order valence-corrected chi connectivity index (χ1v) is 16.9. The Kier molecular flexibility index (Phi) is 11.6. The number of carbonyl (C=O) groups excluding carboxylic acids is 2. The number of hydrogen-bond acceptors (Lipinski definition) is 4. The first-order chi connectivity index (χ1) is 21.9. The maximum absolute atomic E-state index is 15.1. The van der Waals surface area contributed by atoms with Crippen LogP contribution < -0.4 is 9.62 Å². The molecule has 7 nitrogen and oxygen atoms in total. The van der Waals surface area contributed by atoms with Gasteiger partial charge in [-0.25, -0.2) is 12.8 Å².